The van der Waals surface area contributed by atoms with E-state index in [1.54, 1.807) is 6.92 Å². The van der Waals surface area contributed by atoms with Crippen LogP contribution < -0.4 is 0 Å². The maximum absolute atomic E-state index is 11.1. The number of Topliss-reactive ketones (excluding diaryl/α,β-unsaturated/α-hetero) is 1. The lowest BCUT2D eigenvalue weighted by Crippen LogP contribution is -2.38. The van der Waals surface area contributed by atoms with Crippen molar-refractivity contribution in [2.24, 2.45) is 16.5 Å². The largest absolute Gasteiger partial charge is 0.433 e. The zero-order chi connectivity index (χ0) is 12.6. The molecular weight excluding hydrogens is 206 g/mol. The molecule has 0 fully saturated rings. The number of nitrogens with zero attached hydrogens (tertiary/aromatic N) is 1. The second kappa shape index (κ2) is 4.07. The van der Waals surface area contributed by atoms with E-state index in [-0.39, 0.29) is 17.1 Å². The van der Waals surface area contributed by atoms with Crippen LogP contribution >= 0.6 is 0 Å². The molecule has 0 bridgehead atoms. The lowest BCUT2D eigenvalue weighted by molar-refractivity contribution is -0.183. The van der Waals surface area contributed by atoms with Gasteiger partial charge in [0.25, 0.3) is 5.79 Å². The monoisotopic (exact) mass is 227 g/mol. The van der Waals surface area contributed by atoms with Gasteiger partial charge in [-0.2, -0.15) is 0 Å². The molecule has 2 unspecified atom stereocenters. The average Bonchev–Trinajstić information content (AvgIpc) is 2.47. The predicted molar refractivity (Wildman–Crippen MR) is 61.9 cm³/mol. The Morgan fingerprint density at radius 1 is 1.50 bits per heavy atom. The first kappa shape index (κ1) is 13.0. The highest BCUT2D eigenvalue weighted by molar-refractivity contribution is 5.82. The van der Waals surface area contributed by atoms with Crippen molar-refractivity contribution in [3.8, 4) is 0 Å². The molecule has 1 aliphatic rings. The van der Waals surface area contributed by atoms with Gasteiger partial charge in [-0.25, -0.2) is 0 Å². The van der Waals surface area contributed by atoms with Crippen LogP contribution in [0.25, 0.3) is 0 Å². The van der Waals surface area contributed by atoms with Crippen LogP contribution in [0.1, 0.15) is 48.0 Å². The molecule has 2 atom stereocenters. The number of rotatable bonds is 3. The average molecular weight is 227 g/mol. The molecular formula is C12H21NO3. The van der Waals surface area contributed by atoms with Crippen molar-refractivity contribution in [3.63, 3.8) is 0 Å². The van der Waals surface area contributed by atoms with Gasteiger partial charge in [-0.05, 0) is 12.1 Å². The van der Waals surface area contributed by atoms with E-state index in [0.717, 1.165) is 0 Å². The van der Waals surface area contributed by atoms with E-state index in [0.29, 0.717) is 12.3 Å². The number of carbonyl (C=O) groups is 1. The van der Waals surface area contributed by atoms with Gasteiger partial charge in [0.05, 0.1) is 0 Å². The van der Waals surface area contributed by atoms with E-state index in [1.165, 1.54) is 0 Å². The highest BCUT2D eigenvalue weighted by Gasteiger charge is 2.44. The number of oxime groups is 1. The van der Waals surface area contributed by atoms with Crippen LogP contribution in [0, 0.1) is 11.3 Å². The Balaban J connectivity index is 2.69. The van der Waals surface area contributed by atoms with E-state index in [1.807, 2.05) is 34.6 Å². The summed E-state index contributed by atoms with van der Waals surface area (Å²) >= 11 is 0. The molecule has 0 saturated heterocycles. The van der Waals surface area contributed by atoms with Gasteiger partial charge in [0.15, 0.2) is 0 Å². The van der Waals surface area contributed by atoms with Crippen LogP contribution in [-0.4, -0.2) is 17.5 Å². The third-order valence-electron chi connectivity index (χ3n) is 2.74. The van der Waals surface area contributed by atoms with E-state index in [4.69, 9.17) is 9.57 Å². The molecule has 0 aromatic carbocycles. The molecule has 1 aliphatic heterocycles. The summed E-state index contributed by atoms with van der Waals surface area (Å²) in [5.41, 5.74) is -0.173. The minimum atomic E-state index is -0.811. The van der Waals surface area contributed by atoms with Crippen molar-refractivity contribution < 1.29 is 14.4 Å². The molecule has 0 amide bonds. The molecule has 4 nitrogen and oxygen atoms in total. The summed E-state index contributed by atoms with van der Waals surface area (Å²) in [5, 5.41) is 3.97. The van der Waals surface area contributed by atoms with Crippen LogP contribution in [0.3, 0.4) is 0 Å². The van der Waals surface area contributed by atoms with Gasteiger partial charge >= 0.3 is 0 Å². The number of hydrogen-bond donors (Lipinski definition) is 0. The van der Waals surface area contributed by atoms with Crippen molar-refractivity contribution in [2.75, 3.05) is 0 Å². The van der Waals surface area contributed by atoms with Crippen LogP contribution in [0.2, 0.25) is 0 Å². The van der Waals surface area contributed by atoms with Crippen molar-refractivity contribution in [3.05, 3.63) is 0 Å². The summed E-state index contributed by atoms with van der Waals surface area (Å²) in [4.78, 5) is 16.4. The van der Waals surface area contributed by atoms with Gasteiger partial charge in [0.2, 0.25) is 5.90 Å². The highest BCUT2D eigenvalue weighted by Crippen LogP contribution is 2.35. The lowest BCUT2D eigenvalue weighted by Gasteiger charge is -2.29. The molecule has 0 aliphatic carbocycles. The van der Waals surface area contributed by atoms with Gasteiger partial charge < -0.3 is 14.4 Å². The standard InChI is InChI=1S/C12H21NO3/c1-8(7-9(2)14)12(6)15-10(13-16-12)11(3,4)5/h8H,7H2,1-6H3. The van der Waals surface area contributed by atoms with Gasteiger partial charge in [0, 0.05) is 24.7 Å². The summed E-state index contributed by atoms with van der Waals surface area (Å²) in [7, 11) is 0. The third-order valence-corrected chi connectivity index (χ3v) is 2.74. The maximum atomic E-state index is 11.1. The maximum Gasteiger partial charge on any atom is 0.277 e. The highest BCUT2D eigenvalue weighted by atomic mass is 16.8. The number of hydrogen-bond acceptors (Lipinski definition) is 4. The Labute approximate surface area is 97.0 Å². The Hall–Kier alpha value is -1.06. The van der Waals surface area contributed by atoms with Crippen LogP contribution in [0.15, 0.2) is 5.16 Å². The molecule has 1 heterocycles. The summed E-state index contributed by atoms with van der Waals surface area (Å²) in [5.74, 6) is -0.113. The van der Waals surface area contributed by atoms with Gasteiger partial charge in [-0.15, -0.1) is 0 Å². The fourth-order valence-electron chi connectivity index (χ4n) is 1.46. The fraction of sp³-hybridized carbons (Fsp3) is 0.833. The smallest absolute Gasteiger partial charge is 0.277 e. The number of ether oxygens (including phenoxy) is 1. The fourth-order valence-corrected chi connectivity index (χ4v) is 1.46. The normalized spacial score (nSPS) is 26.8. The molecule has 16 heavy (non-hydrogen) atoms. The molecule has 0 aromatic rings. The molecule has 0 N–H and O–H groups in total. The number of carbonyl (C=O) groups excluding carboxylic acids is 1. The second-order valence-corrected chi connectivity index (χ2v) is 5.66. The minimum Gasteiger partial charge on any atom is -0.433 e. The Morgan fingerprint density at radius 2 is 2.06 bits per heavy atom. The quantitative estimate of drug-likeness (QED) is 0.744. The third kappa shape index (κ3) is 2.74. The SMILES string of the molecule is CC(=O)CC(C)C1(C)ON=C(C(C)(C)C)O1. The van der Waals surface area contributed by atoms with Gasteiger partial charge in [-0.1, -0.05) is 27.7 Å². The van der Waals surface area contributed by atoms with E-state index in [9.17, 15) is 4.79 Å². The molecule has 0 aromatic heterocycles. The minimum absolute atomic E-state index is 0.0198. The molecule has 1 rings (SSSR count). The first-order valence-corrected chi connectivity index (χ1v) is 5.60. The van der Waals surface area contributed by atoms with Crippen molar-refractivity contribution in [2.45, 2.75) is 53.8 Å². The van der Waals surface area contributed by atoms with E-state index >= 15 is 0 Å². The van der Waals surface area contributed by atoms with Crippen molar-refractivity contribution in [1.29, 1.82) is 0 Å². The van der Waals surface area contributed by atoms with Crippen molar-refractivity contribution in [1.82, 2.24) is 0 Å². The topological polar surface area (TPSA) is 47.9 Å². The zero-order valence-corrected chi connectivity index (χ0v) is 11.0. The second-order valence-electron chi connectivity index (χ2n) is 5.66. The van der Waals surface area contributed by atoms with Gasteiger partial charge in [0.1, 0.15) is 5.78 Å². The van der Waals surface area contributed by atoms with Crippen LogP contribution in [0.4, 0.5) is 0 Å². The van der Waals surface area contributed by atoms with Gasteiger partial charge in [-0.3, -0.25) is 0 Å². The molecule has 0 saturated carbocycles. The number of ketones is 1. The zero-order valence-electron chi connectivity index (χ0n) is 11.0. The first-order valence-electron chi connectivity index (χ1n) is 5.60. The Bertz CT molecular complexity index is 317. The predicted octanol–water partition coefficient (Wildman–Crippen LogP) is 2.72. The Kier molecular flexibility index (Phi) is 3.31. The summed E-state index contributed by atoms with van der Waals surface area (Å²) in [6, 6.07) is 0. The first-order chi connectivity index (χ1) is 7.15. The molecule has 92 valence electrons. The summed E-state index contributed by atoms with van der Waals surface area (Å²) in [6.07, 6.45) is 0.434. The molecule has 0 spiro atoms. The lowest BCUT2D eigenvalue weighted by atomic mass is 9.94. The van der Waals surface area contributed by atoms with E-state index in [2.05, 4.69) is 5.16 Å². The van der Waals surface area contributed by atoms with Crippen molar-refractivity contribution >= 4 is 11.7 Å². The Morgan fingerprint density at radius 3 is 2.44 bits per heavy atom. The van der Waals surface area contributed by atoms with Crippen LogP contribution in [0.5, 0.6) is 0 Å². The molecule has 0 radical (unpaired) electrons. The van der Waals surface area contributed by atoms with Crippen LogP contribution in [-0.2, 0) is 14.4 Å². The summed E-state index contributed by atoms with van der Waals surface area (Å²) < 4.78 is 5.75. The molecule has 4 heteroatoms. The van der Waals surface area contributed by atoms with E-state index < -0.39 is 5.79 Å². The summed E-state index contributed by atoms with van der Waals surface area (Å²) in [6.45, 7) is 11.4.